The highest BCUT2D eigenvalue weighted by Crippen LogP contribution is 2.08. The van der Waals surface area contributed by atoms with Crippen LogP contribution in [-0.2, 0) is 9.47 Å². The Morgan fingerprint density at radius 1 is 1.00 bits per heavy atom. The number of aliphatic hydroxyl groups is 1. The zero-order valence-corrected chi connectivity index (χ0v) is 10.8. The van der Waals surface area contributed by atoms with Crippen LogP contribution in [0.3, 0.4) is 0 Å². The first kappa shape index (κ1) is 15.6. The van der Waals surface area contributed by atoms with Gasteiger partial charge in [-0.1, -0.05) is 45.1 Å². The Hall–Kier alpha value is -0.380. The molecular weight excluding hydrogens is 204 g/mol. The van der Waals surface area contributed by atoms with Gasteiger partial charge in [-0.3, -0.25) is 0 Å². The summed E-state index contributed by atoms with van der Waals surface area (Å²) in [5.41, 5.74) is 0. The Kier molecular flexibility index (Phi) is 10.9. The molecule has 96 valence electrons. The monoisotopic (exact) mass is 230 g/mol. The number of methoxy groups -OCH3 is 2. The van der Waals surface area contributed by atoms with E-state index in [1.807, 2.05) is 0 Å². The smallest absolute Gasteiger partial charge is 0.176 e. The van der Waals surface area contributed by atoms with E-state index >= 15 is 0 Å². The number of unbranched alkanes of at least 4 members (excludes halogenated alkanes) is 4. The van der Waals surface area contributed by atoms with Gasteiger partial charge in [0.05, 0.1) is 6.10 Å². The van der Waals surface area contributed by atoms with Crippen molar-refractivity contribution in [2.45, 2.75) is 57.8 Å². The lowest BCUT2D eigenvalue weighted by Gasteiger charge is -2.09. The standard InChI is InChI=1S/C13H26O3/c1-4-5-6-7-8-9-12(14)10-11-13(15-2)16-3/h10-14H,4-9H2,1-3H3/b11-10+/t12-/m0/s1. The number of aliphatic hydroxyl groups excluding tert-OH is 1. The van der Waals surface area contributed by atoms with Crippen LogP contribution in [0.2, 0.25) is 0 Å². The molecule has 0 radical (unpaired) electrons. The van der Waals surface area contributed by atoms with Gasteiger partial charge >= 0.3 is 0 Å². The van der Waals surface area contributed by atoms with Crippen LogP contribution in [0.25, 0.3) is 0 Å². The quantitative estimate of drug-likeness (QED) is 0.356. The van der Waals surface area contributed by atoms with Crippen LogP contribution in [0, 0.1) is 0 Å². The van der Waals surface area contributed by atoms with Crippen molar-refractivity contribution < 1.29 is 14.6 Å². The van der Waals surface area contributed by atoms with E-state index in [1.54, 1.807) is 26.4 Å². The average molecular weight is 230 g/mol. The van der Waals surface area contributed by atoms with Crippen molar-refractivity contribution in [2.75, 3.05) is 14.2 Å². The molecule has 0 aromatic heterocycles. The zero-order chi connectivity index (χ0) is 12.2. The minimum atomic E-state index is -0.380. The maximum atomic E-state index is 9.65. The summed E-state index contributed by atoms with van der Waals surface area (Å²) >= 11 is 0. The van der Waals surface area contributed by atoms with E-state index < -0.39 is 0 Å². The van der Waals surface area contributed by atoms with Crippen LogP contribution < -0.4 is 0 Å². The van der Waals surface area contributed by atoms with Gasteiger partial charge in [-0.25, -0.2) is 0 Å². The zero-order valence-electron chi connectivity index (χ0n) is 10.8. The lowest BCUT2D eigenvalue weighted by Crippen LogP contribution is -2.11. The summed E-state index contributed by atoms with van der Waals surface area (Å²) < 4.78 is 9.97. The Balaban J connectivity index is 3.53. The Bertz CT molecular complexity index is 165. The maximum Gasteiger partial charge on any atom is 0.176 e. The van der Waals surface area contributed by atoms with E-state index in [0.29, 0.717) is 0 Å². The van der Waals surface area contributed by atoms with Crippen LogP contribution in [0.4, 0.5) is 0 Å². The second kappa shape index (κ2) is 11.1. The fraction of sp³-hybridized carbons (Fsp3) is 0.846. The van der Waals surface area contributed by atoms with Gasteiger partial charge in [0.1, 0.15) is 0 Å². The molecule has 0 aliphatic heterocycles. The first-order chi connectivity index (χ1) is 7.74. The Labute approximate surface area is 99.5 Å². The summed E-state index contributed by atoms with van der Waals surface area (Å²) in [6.45, 7) is 2.20. The van der Waals surface area contributed by atoms with Gasteiger partial charge in [0.25, 0.3) is 0 Å². The van der Waals surface area contributed by atoms with Crippen molar-refractivity contribution in [3.8, 4) is 0 Å². The third-order valence-corrected chi connectivity index (χ3v) is 2.56. The minimum Gasteiger partial charge on any atom is -0.389 e. The van der Waals surface area contributed by atoms with Crippen LogP contribution in [0.15, 0.2) is 12.2 Å². The first-order valence-electron chi connectivity index (χ1n) is 6.16. The molecule has 0 fully saturated rings. The van der Waals surface area contributed by atoms with E-state index in [2.05, 4.69) is 6.92 Å². The number of ether oxygens (including phenoxy) is 2. The molecule has 0 aromatic rings. The summed E-state index contributed by atoms with van der Waals surface area (Å²) in [6.07, 6.45) is 9.68. The third-order valence-electron chi connectivity index (χ3n) is 2.56. The second-order valence-corrected chi connectivity index (χ2v) is 3.99. The van der Waals surface area contributed by atoms with Gasteiger partial charge in [-0.15, -0.1) is 0 Å². The van der Waals surface area contributed by atoms with Gasteiger partial charge < -0.3 is 14.6 Å². The highest BCUT2D eigenvalue weighted by atomic mass is 16.7. The molecule has 0 amide bonds. The second-order valence-electron chi connectivity index (χ2n) is 3.99. The molecule has 0 aromatic carbocycles. The number of hydrogen-bond donors (Lipinski definition) is 1. The average Bonchev–Trinajstić information content (AvgIpc) is 2.30. The summed E-state index contributed by atoms with van der Waals surface area (Å²) in [5, 5.41) is 9.65. The number of rotatable bonds is 10. The molecule has 0 saturated heterocycles. The Morgan fingerprint density at radius 3 is 2.19 bits per heavy atom. The summed E-state index contributed by atoms with van der Waals surface area (Å²) in [7, 11) is 3.16. The summed E-state index contributed by atoms with van der Waals surface area (Å²) in [6, 6.07) is 0. The van der Waals surface area contributed by atoms with Crippen molar-refractivity contribution in [1.82, 2.24) is 0 Å². The molecule has 0 rings (SSSR count). The molecule has 0 spiro atoms. The van der Waals surface area contributed by atoms with E-state index in [0.717, 1.165) is 12.8 Å². The van der Waals surface area contributed by atoms with Gasteiger partial charge in [0, 0.05) is 14.2 Å². The molecule has 0 bridgehead atoms. The molecule has 0 heterocycles. The van der Waals surface area contributed by atoms with Gasteiger partial charge in [0.15, 0.2) is 6.29 Å². The Morgan fingerprint density at radius 2 is 1.62 bits per heavy atom. The highest BCUT2D eigenvalue weighted by molar-refractivity contribution is 4.90. The topological polar surface area (TPSA) is 38.7 Å². The molecule has 3 heteroatoms. The normalized spacial score (nSPS) is 13.8. The molecular formula is C13H26O3. The largest absolute Gasteiger partial charge is 0.389 e. The van der Waals surface area contributed by atoms with Crippen molar-refractivity contribution in [3.63, 3.8) is 0 Å². The van der Waals surface area contributed by atoms with Gasteiger partial charge in [-0.05, 0) is 12.5 Å². The van der Waals surface area contributed by atoms with E-state index in [4.69, 9.17) is 9.47 Å². The lowest BCUT2D eigenvalue weighted by atomic mass is 10.1. The highest BCUT2D eigenvalue weighted by Gasteiger charge is 2.02. The molecule has 0 aliphatic rings. The maximum absolute atomic E-state index is 9.65. The van der Waals surface area contributed by atoms with Crippen LogP contribution in [-0.4, -0.2) is 31.7 Å². The molecule has 16 heavy (non-hydrogen) atoms. The molecule has 1 atom stereocenters. The van der Waals surface area contributed by atoms with E-state index in [-0.39, 0.29) is 12.4 Å². The van der Waals surface area contributed by atoms with Crippen molar-refractivity contribution >= 4 is 0 Å². The van der Waals surface area contributed by atoms with Crippen molar-refractivity contribution in [2.24, 2.45) is 0 Å². The predicted octanol–water partition coefficient (Wildman–Crippen LogP) is 2.88. The number of hydrogen-bond acceptors (Lipinski definition) is 3. The van der Waals surface area contributed by atoms with Gasteiger partial charge in [-0.2, -0.15) is 0 Å². The van der Waals surface area contributed by atoms with Crippen LogP contribution >= 0.6 is 0 Å². The first-order valence-corrected chi connectivity index (χ1v) is 6.16. The molecule has 1 N–H and O–H groups in total. The SMILES string of the molecule is CCCCCCC[C@H](O)/C=C/C(OC)OC. The van der Waals surface area contributed by atoms with Crippen molar-refractivity contribution in [3.05, 3.63) is 12.2 Å². The van der Waals surface area contributed by atoms with E-state index in [1.165, 1.54) is 25.7 Å². The molecule has 0 saturated carbocycles. The summed E-state index contributed by atoms with van der Waals surface area (Å²) in [4.78, 5) is 0. The van der Waals surface area contributed by atoms with Crippen LogP contribution in [0.1, 0.15) is 45.4 Å². The fourth-order valence-corrected chi connectivity index (χ4v) is 1.53. The molecule has 3 nitrogen and oxygen atoms in total. The summed E-state index contributed by atoms with van der Waals surface area (Å²) in [5.74, 6) is 0. The predicted molar refractivity (Wildman–Crippen MR) is 66.3 cm³/mol. The minimum absolute atomic E-state index is 0.352. The van der Waals surface area contributed by atoms with Crippen molar-refractivity contribution in [1.29, 1.82) is 0 Å². The van der Waals surface area contributed by atoms with Gasteiger partial charge in [0.2, 0.25) is 0 Å². The third kappa shape index (κ3) is 8.89. The van der Waals surface area contributed by atoms with Crippen LogP contribution in [0.5, 0.6) is 0 Å². The fourth-order valence-electron chi connectivity index (χ4n) is 1.53. The van der Waals surface area contributed by atoms with E-state index in [9.17, 15) is 5.11 Å². The molecule has 0 aliphatic carbocycles. The lowest BCUT2D eigenvalue weighted by molar-refractivity contribution is -0.0671. The molecule has 0 unspecified atom stereocenters.